The molecule has 21 heavy (non-hydrogen) atoms. The van der Waals surface area contributed by atoms with E-state index in [1.165, 1.54) is 25.3 Å². The van der Waals surface area contributed by atoms with Crippen LogP contribution in [0.2, 0.25) is 0 Å². The first-order chi connectivity index (χ1) is 9.62. The maximum atomic E-state index is 10.2. The Balaban J connectivity index is 0. The minimum atomic E-state index is -4.25. The first-order valence-electron chi connectivity index (χ1n) is 6.63. The molecule has 0 unspecified atom stereocenters. The summed E-state index contributed by atoms with van der Waals surface area (Å²) in [6.07, 6.45) is 7.75. The zero-order chi connectivity index (χ0) is 16.8. The third-order valence-corrected chi connectivity index (χ3v) is 3.12. The number of rotatable bonds is 11. The second-order valence-electron chi connectivity index (χ2n) is 4.17. The number of phosphoric ester groups is 2. The summed E-state index contributed by atoms with van der Waals surface area (Å²) in [6.45, 7) is 5.39. The van der Waals surface area contributed by atoms with Gasteiger partial charge in [-0.25, -0.2) is 9.13 Å². The fourth-order valence-corrected chi connectivity index (χ4v) is 1.88. The van der Waals surface area contributed by atoms with Gasteiger partial charge in [-0.05, 0) is 6.42 Å². The van der Waals surface area contributed by atoms with Crippen LogP contribution >= 0.6 is 15.6 Å². The Bertz CT molecular complexity index is 335. The number of phosphoric acid groups is 2. The second-order valence-corrected chi connectivity index (χ2v) is 6.65. The summed E-state index contributed by atoms with van der Waals surface area (Å²) in [5.41, 5.74) is 0. The van der Waals surface area contributed by atoms with E-state index >= 15 is 0 Å². The van der Waals surface area contributed by atoms with Gasteiger partial charge in [0.2, 0.25) is 0 Å². The van der Waals surface area contributed by atoms with Crippen molar-refractivity contribution in [1.29, 1.82) is 0 Å². The van der Waals surface area contributed by atoms with Crippen molar-refractivity contribution in [1.82, 2.24) is 0 Å². The van der Waals surface area contributed by atoms with E-state index in [4.69, 9.17) is 19.6 Å². The molecule has 0 aliphatic heterocycles. The average Bonchev–Trinajstić information content (AvgIpc) is 2.34. The van der Waals surface area contributed by atoms with Gasteiger partial charge in [0.15, 0.2) is 0 Å². The van der Waals surface area contributed by atoms with E-state index in [0.717, 1.165) is 19.3 Å². The Hall–Kier alpha value is -0.0400. The van der Waals surface area contributed by atoms with E-state index in [-0.39, 0.29) is 13.2 Å². The zero-order valence-corrected chi connectivity index (χ0v) is 14.0. The highest BCUT2D eigenvalue weighted by molar-refractivity contribution is 7.46. The van der Waals surface area contributed by atoms with E-state index in [2.05, 4.69) is 22.6 Å². The molecule has 0 bridgehead atoms. The Kier molecular flexibility index (Phi) is 15.1. The van der Waals surface area contributed by atoms with Gasteiger partial charge in [-0.1, -0.05) is 45.1 Å². The van der Waals surface area contributed by atoms with E-state index in [1.54, 1.807) is 0 Å². The molecule has 0 aromatic heterocycles. The van der Waals surface area contributed by atoms with Gasteiger partial charge in [0.25, 0.3) is 0 Å². The van der Waals surface area contributed by atoms with Gasteiger partial charge in [0, 0.05) is 0 Å². The Morgan fingerprint density at radius 2 is 1.38 bits per heavy atom. The van der Waals surface area contributed by atoms with Gasteiger partial charge < -0.3 is 19.6 Å². The summed E-state index contributed by atoms with van der Waals surface area (Å²) in [7, 11) is -8.48. The van der Waals surface area contributed by atoms with Gasteiger partial charge in [-0.3, -0.25) is 9.05 Å². The molecular formula is C11H26O8P2. The lowest BCUT2D eigenvalue weighted by molar-refractivity contribution is 0.193. The molecule has 8 nitrogen and oxygen atoms in total. The highest BCUT2D eigenvalue weighted by Crippen LogP contribution is 2.36. The van der Waals surface area contributed by atoms with Crippen LogP contribution in [0.25, 0.3) is 0 Å². The molecule has 0 saturated carbocycles. The van der Waals surface area contributed by atoms with Crippen LogP contribution in [0.15, 0.2) is 12.7 Å². The maximum absolute atomic E-state index is 10.2. The fourth-order valence-electron chi connectivity index (χ4n) is 1.22. The number of unbranched alkanes of at least 4 members (excludes halogenated alkanes) is 5. The molecule has 0 saturated heterocycles. The van der Waals surface area contributed by atoms with Crippen LogP contribution in [0.4, 0.5) is 0 Å². The molecule has 0 aromatic rings. The molecule has 10 heteroatoms. The summed E-state index contributed by atoms with van der Waals surface area (Å²) in [5.74, 6) is 0. The summed E-state index contributed by atoms with van der Waals surface area (Å²) in [4.78, 5) is 32.7. The first-order valence-corrected chi connectivity index (χ1v) is 9.69. The zero-order valence-electron chi connectivity index (χ0n) is 12.3. The van der Waals surface area contributed by atoms with Crippen molar-refractivity contribution < 1.29 is 37.8 Å². The van der Waals surface area contributed by atoms with Crippen LogP contribution in [-0.2, 0) is 18.2 Å². The summed E-state index contributed by atoms with van der Waals surface area (Å²) < 4.78 is 28.3. The smallest absolute Gasteiger partial charge is 0.303 e. The third-order valence-electron chi connectivity index (χ3n) is 2.12. The number of hydrogen-bond donors (Lipinski definition) is 4. The molecule has 128 valence electrons. The van der Waals surface area contributed by atoms with Crippen molar-refractivity contribution in [2.75, 3.05) is 13.2 Å². The molecule has 0 spiro atoms. The lowest BCUT2D eigenvalue weighted by atomic mass is 10.1. The second kappa shape index (κ2) is 13.6. The standard InChI is InChI=1S/C8H19O4P.C3H7O4P/c1-2-3-4-5-6-7-8-12-13(9,10)11;1-2-3-7-8(4,5)6/h2-8H2,1H3,(H2,9,10,11);2H,1,3H2,(H2,4,5,6). The van der Waals surface area contributed by atoms with Crippen LogP contribution < -0.4 is 0 Å². The van der Waals surface area contributed by atoms with Gasteiger partial charge >= 0.3 is 15.6 Å². The summed E-state index contributed by atoms with van der Waals surface area (Å²) in [5, 5.41) is 0. The Labute approximate surface area is 125 Å². The van der Waals surface area contributed by atoms with Gasteiger partial charge in [0.1, 0.15) is 0 Å². The summed E-state index contributed by atoms with van der Waals surface area (Å²) >= 11 is 0. The average molecular weight is 348 g/mol. The van der Waals surface area contributed by atoms with E-state index in [9.17, 15) is 9.13 Å². The van der Waals surface area contributed by atoms with Crippen LogP contribution in [0.3, 0.4) is 0 Å². The minimum Gasteiger partial charge on any atom is -0.303 e. The Morgan fingerprint density at radius 1 is 0.905 bits per heavy atom. The molecule has 0 radical (unpaired) electrons. The molecule has 0 fully saturated rings. The molecule has 0 amide bonds. The fraction of sp³-hybridized carbons (Fsp3) is 0.818. The van der Waals surface area contributed by atoms with E-state index < -0.39 is 15.6 Å². The van der Waals surface area contributed by atoms with Gasteiger partial charge in [0.05, 0.1) is 13.2 Å². The number of hydrogen-bond acceptors (Lipinski definition) is 4. The quantitative estimate of drug-likeness (QED) is 0.254. The molecule has 0 rings (SSSR count). The molecule has 0 aromatic carbocycles. The lowest BCUT2D eigenvalue weighted by Gasteiger charge is -2.04. The largest absolute Gasteiger partial charge is 0.469 e. The molecule has 0 heterocycles. The van der Waals surface area contributed by atoms with Crippen LogP contribution in [0.1, 0.15) is 45.4 Å². The molecule has 4 N–H and O–H groups in total. The van der Waals surface area contributed by atoms with Crippen molar-refractivity contribution in [2.24, 2.45) is 0 Å². The molecule has 0 aliphatic rings. The topological polar surface area (TPSA) is 134 Å². The first kappa shape index (κ1) is 23.2. The van der Waals surface area contributed by atoms with E-state index in [1.807, 2.05) is 0 Å². The SMILES string of the molecule is C=CCOP(=O)(O)O.CCCCCCCCOP(=O)(O)O. The predicted octanol–water partition coefficient (Wildman–Crippen LogP) is 2.74. The van der Waals surface area contributed by atoms with Crippen LogP contribution in [0.5, 0.6) is 0 Å². The summed E-state index contributed by atoms with van der Waals surface area (Å²) in [6, 6.07) is 0. The molecule has 0 atom stereocenters. The van der Waals surface area contributed by atoms with Crippen molar-refractivity contribution in [3.8, 4) is 0 Å². The van der Waals surface area contributed by atoms with Gasteiger partial charge in [-0.15, -0.1) is 6.58 Å². The highest BCUT2D eigenvalue weighted by atomic mass is 31.2. The molecule has 0 aliphatic carbocycles. The maximum Gasteiger partial charge on any atom is 0.469 e. The van der Waals surface area contributed by atoms with E-state index in [0.29, 0.717) is 0 Å². The predicted molar refractivity (Wildman–Crippen MR) is 79.6 cm³/mol. The van der Waals surface area contributed by atoms with Crippen molar-refractivity contribution in [3.05, 3.63) is 12.7 Å². The Morgan fingerprint density at radius 3 is 1.76 bits per heavy atom. The molecular weight excluding hydrogens is 322 g/mol. The van der Waals surface area contributed by atoms with Crippen molar-refractivity contribution >= 4 is 15.6 Å². The van der Waals surface area contributed by atoms with Gasteiger partial charge in [-0.2, -0.15) is 0 Å². The van der Waals surface area contributed by atoms with Crippen molar-refractivity contribution in [2.45, 2.75) is 45.4 Å². The van der Waals surface area contributed by atoms with Crippen LogP contribution in [0, 0.1) is 0 Å². The highest BCUT2D eigenvalue weighted by Gasteiger charge is 2.12. The van der Waals surface area contributed by atoms with Crippen LogP contribution in [-0.4, -0.2) is 32.8 Å². The lowest BCUT2D eigenvalue weighted by Crippen LogP contribution is -1.92. The minimum absolute atomic E-state index is 0.121. The third kappa shape index (κ3) is 28.8. The monoisotopic (exact) mass is 348 g/mol. The normalized spacial score (nSPS) is 11.7. The van der Waals surface area contributed by atoms with Crippen molar-refractivity contribution in [3.63, 3.8) is 0 Å².